The highest BCUT2D eigenvalue weighted by atomic mass is 16.5. The van der Waals surface area contributed by atoms with Gasteiger partial charge < -0.3 is 10.1 Å². The molecule has 0 fully saturated rings. The predicted octanol–water partition coefficient (Wildman–Crippen LogP) is 3.82. The number of fused-ring (bicyclic) bond motifs is 1. The van der Waals surface area contributed by atoms with Crippen LogP contribution in [0.25, 0.3) is 0 Å². The maximum atomic E-state index is 5.56. The first-order valence-electron chi connectivity index (χ1n) is 7.77. The van der Waals surface area contributed by atoms with Gasteiger partial charge in [-0.1, -0.05) is 36.4 Å². The van der Waals surface area contributed by atoms with Crippen LogP contribution in [0.1, 0.15) is 35.2 Å². The molecule has 0 saturated heterocycles. The third-order valence-corrected chi connectivity index (χ3v) is 4.32. The van der Waals surface area contributed by atoms with E-state index in [0.29, 0.717) is 6.04 Å². The second kappa shape index (κ2) is 6.31. The Bertz CT molecular complexity index is 621. The highest BCUT2D eigenvalue weighted by Crippen LogP contribution is 2.28. The van der Waals surface area contributed by atoms with Crippen molar-refractivity contribution in [2.75, 3.05) is 13.2 Å². The topological polar surface area (TPSA) is 21.3 Å². The molecule has 110 valence electrons. The van der Waals surface area contributed by atoms with Gasteiger partial charge >= 0.3 is 0 Å². The van der Waals surface area contributed by atoms with Crippen molar-refractivity contribution in [3.8, 4) is 5.75 Å². The molecule has 0 amide bonds. The van der Waals surface area contributed by atoms with Crippen molar-refractivity contribution in [3.05, 3.63) is 64.7 Å². The largest absolute Gasteiger partial charge is 0.493 e. The number of rotatable bonds is 5. The van der Waals surface area contributed by atoms with E-state index in [4.69, 9.17) is 4.74 Å². The highest BCUT2D eigenvalue weighted by Gasteiger charge is 2.14. The maximum Gasteiger partial charge on any atom is 0.122 e. The smallest absolute Gasteiger partial charge is 0.122 e. The van der Waals surface area contributed by atoms with Crippen molar-refractivity contribution in [1.29, 1.82) is 0 Å². The molecule has 1 heterocycles. The normalized spacial score (nSPS) is 14.6. The summed E-state index contributed by atoms with van der Waals surface area (Å²) >= 11 is 0. The SMILES string of the molecule is Cc1ccccc1CCNC(C)c1ccc2c(c1)CCO2. The lowest BCUT2D eigenvalue weighted by atomic mass is 10.0. The zero-order chi connectivity index (χ0) is 14.7. The van der Waals surface area contributed by atoms with Crippen LogP contribution in [-0.4, -0.2) is 13.2 Å². The molecule has 1 aliphatic heterocycles. The first-order chi connectivity index (χ1) is 10.2. The molecule has 2 heteroatoms. The van der Waals surface area contributed by atoms with Gasteiger partial charge in [-0.3, -0.25) is 0 Å². The van der Waals surface area contributed by atoms with Gasteiger partial charge in [-0.15, -0.1) is 0 Å². The molecular formula is C19H23NO. The average Bonchev–Trinajstić information content (AvgIpc) is 2.96. The third-order valence-electron chi connectivity index (χ3n) is 4.32. The van der Waals surface area contributed by atoms with E-state index in [1.165, 1.54) is 22.3 Å². The molecule has 1 aliphatic rings. The van der Waals surface area contributed by atoms with Crippen LogP contribution in [0.5, 0.6) is 5.75 Å². The molecule has 0 radical (unpaired) electrons. The van der Waals surface area contributed by atoms with Gasteiger partial charge in [0.1, 0.15) is 5.75 Å². The van der Waals surface area contributed by atoms with E-state index in [1.807, 2.05) is 0 Å². The summed E-state index contributed by atoms with van der Waals surface area (Å²) < 4.78 is 5.56. The van der Waals surface area contributed by atoms with Crippen molar-refractivity contribution in [1.82, 2.24) is 5.32 Å². The minimum absolute atomic E-state index is 0.375. The number of aryl methyl sites for hydroxylation is 1. The summed E-state index contributed by atoms with van der Waals surface area (Å²) in [5.41, 5.74) is 5.50. The Morgan fingerprint density at radius 3 is 2.90 bits per heavy atom. The average molecular weight is 281 g/mol. The Morgan fingerprint density at radius 2 is 2.05 bits per heavy atom. The van der Waals surface area contributed by atoms with Gasteiger partial charge in [0.15, 0.2) is 0 Å². The van der Waals surface area contributed by atoms with Gasteiger partial charge in [-0.2, -0.15) is 0 Å². The number of hydrogen-bond donors (Lipinski definition) is 1. The molecule has 1 atom stereocenters. The number of hydrogen-bond acceptors (Lipinski definition) is 2. The van der Waals surface area contributed by atoms with Gasteiger partial charge in [-0.25, -0.2) is 0 Å². The predicted molar refractivity (Wildman–Crippen MR) is 86.9 cm³/mol. The molecule has 0 spiro atoms. The van der Waals surface area contributed by atoms with E-state index >= 15 is 0 Å². The van der Waals surface area contributed by atoms with Gasteiger partial charge in [0.2, 0.25) is 0 Å². The van der Waals surface area contributed by atoms with Crippen LogP contribution in [0.3, 0.4) is 0 Å². The van der Waals surface area contributed by atoms with Crippen LogP contribution in [0.4, 0.5) is 0 Å². The lowest BCUT2D eigenvalue weighted by Crippen LogP contribution is -2.21. The summed E-state index contributed by atoms with van der Waals surface area (Å²) in [5, 5.41) is 3.62. The molecule has 0 aliphatic carbocycles. The van der Waals surface area contributed by atoms with Crippen molar-refractivity contribution in [2.24, 2.45) is 0 Å². The molecular weight excluding hydrogens is 258 g/mol. The molecule has 1 N–H and O–H groups in total. The Hall–Kier alpha value is -1.80. The van der Waals surface area contributed by atoms with Gasteiger partial charge in [0.05, 0.1) is 6.61 Å². The third kappa shape index (κ3) is 3.27. The first kappa shape index (κ1) is 14.2. The molecule has 0 bridgehead atoms. The standard InChI is InChI=1S/C19H23NO/c1-14-5-3-4-6-16(14)9-11-20-15(2)17-7-8-19-18(13-17)10-12-21-19/h3-8,13,15,20H,9-12H2,1-2H3. The molecule has 1 unspecified atom stereocenters. The fourth-order valence-electron chi connectivity index (χ4n) is 2.91. The summed E-state index contributed by atoms with van der Waals surface area (Å²) in [6.07, 6.45) is 2.12. The lowest BCUT2D eigenvalue weighted by Gasteiger charge is -2.15. The van der Waals surface area contributed by atoms with Crippen molar-refractivity contribution >= 4 is 0 Å². The van der Waals surface area contributed by atoms with E-state index in [2.05, 4.69) is 61.6 Å². The second-order valence-electron chi connectivity index (χ2n) is 5.82. The fraction of sp³-hybridized carbons (Fsp3) is 0.368. The summed E-state index contributed by atoms with van der Waals surface area (Å²) in [5.74, 6) is 1.06. The molecule has 0 aromatic heterocycles. The molecule has 2 aromatic carbocycles. The molecule has 21 heavy (non-hydrogen) atoms. The fourth-order valence-corrected chi connectivity index (χ4v) is 2.91. The van der Waals surface area contributed by atoms with E-state index in [-0.39, 0.29) is 0 Å². The Labute approximate surface area is 127 Å². The minimum atomic E-state index is 0.375. The first-order valence-corrected chi connectivity index (χ1v) is 7.77. The van der Waals surface area contributed by atoms with Crippen LogP contribution in [0, 0.1) is 6.92 Å². The van der Waals surface area contributed by atoms with Crippen LogP contribution in [0.2, 0.25) is 0 Å². The summed E-state index contributed by atoms with van der Waals surface area (Å²) in [6.45, 7) is 6.24. The Balaban J connectivity index is 1.57. The molecule has 3 rings (SSSR count). The molecule has 2 aromatic rings. The zero-order valence-electron chi connectivity index (χ0n) is 12.9. The summed E-state index contributed by atoms with van der Waals surface area (Å²) in [7, 11) is 0. The maximum absolute atomic E-state index is 5.56. The monoisotopic (exact) mass is 281 g/mol. The zero-order valence-corrected chi connectivity index (χ0v) is 12.9. The number of ether oxygens (including phenoxy) is 1. The van der Waals surface area contributed by atoms with Gasteiger partial charge in [-0.05, 0) is 55.1 Å². The lowest BCUT2D eigenvalue weighted by molar-refractivity contribution is 0.356. The quantitative estimate of drug-likeness (QED) is 0.899. The van der Waals surface area contributed by atoms with Crippen LogP contribution in [0.15, 0.2) is 42.5 Å². The van der Waals surface area contributed by atoms with E-state index in [9.17, 15) is 0 Å². The van der Waals surface area contributed by atoms with Gasteiger partial charge in [0.25, 0.3) is 0 Å². The number of benzene rings is 2. The van der Waals surface area contributed by atoms with Crippen molar-refractivity contribution in [2.45, 2.75) is 32.7 Å². The summed E-state index contributed by atoms with van der Waals surface area (Å²) in [6, 6.07) is 15.6. The Morgan fingerprint density at radius 1 is 1.19 bits per heavy atom. The van der Waals surface area contributed by atoms with Crippen molar-refractivity contribution < 1.29 is 4.74 Å². The van der Waals surface area contributed by atoms with Crippen LogP contribution >= 0.6 is 0 Å². The number of nitrogens with one attached hydrogen (secondary N) is 1. The highest BCUT2D eigenvalue weighted by molar-refractivity contribution is 5.40. The molecule has 0 saturated carbocycles. The second-order valence-corrected chi connectivity index (χ2v) is 5.82. The Kier molecular flexibility index (Phi) is 4.26. The van der Waals surface area contributed by atoms with Crippen molar-refractivity contribution in [3.63, 3.8) is 0 Å². The minimum Gasteiger partial charge on any atom is -0.493 e. The summed E-state index contributed by atoms with van der Waals surface area (Å²) in [4.78, 5) is 0. The van der Waals surface area contributed by atoms with E-state index in [0.717, 1.165) is 31.7 Å². The van der Waals surface area contributed by atoms with E-state index < -0.39 is 0 Å². The van der Waals surface area contributed by atoms with Crippen LogP contribution in [-0.2, 0) is 12.8 Å². The van der Waals surface area contributed by atoms with Crippen LogP contribution < -0.4 is 10.1 Å². The van der Waals surface area contributed by atoms with Gasteiger partial charge in [0, 0.05) is 12.5 Å². The molecule has 2 nitrogen and oxygen atoms in total. The van der Waals surface area contributed by atoms with E-state index in [1.54, 1.807) is 0 Å².